The van der Waals surface area contributed by atoms with E-state index < -0.39 is 18.0 Å². The lowest BCUT2D eigenvalue weighted by Crippen LogP contribution is -2.32. The fourth-order valence-electron chi connectivity index (χ4n) is 1.87. The molecular weight excluding hydrogens is 235 g/mol. The maximum absolute atomic E-state index is 13.4. The fourth-order valence-corrected chi connectivity index (χ4v) is 2.03. The number of halogens is 2. The Morgan fingerprint density at radius 2 is 2.38 bits per heavy atom. The predicted octanol–water partition coefficient (Wildman–Crippen LogP) is 1.75. The highest BCUT2D eigenvalue weighted by molar-refractivity contribution is 6.30. The van der Waals surface area contributed by atoms with Gasteiger partial charge in [-0.1, -0.05) is 11.6 Å². The lowest BCUT2D eigenvalue weighted by molar-refractivity contribution is -0.139. The highest BCUT2D eigenvalue weighted by Gasteiger charge is 2.31. The zero-order valence-electron chi connectivity index (χ0n) is 8.28. The van der Waals surface area contributed by atoms with Crippen LogP contribution in [0.25, 0.3) is 0 Å². The van der Waals surface area contributed by atoms with E-state index in [2.05, 4.69) is 10.3 Å². The van der Waals surface area contributed by atoms with Gasteiger partial charge in [0, 0.05) is 17.8 Å². The minimum absolute atomic E-state index is 0.327. The number of aliphatic carboxylic acids is 1. The quantitative estimate of drug-likeness (QED) is 0.778. The first kappa shape index (κ1) is 11.3. The summed E-state index contributed by atoms with van der Waals surface area (Å²) in [6, 6.07) is 0.530. The van der Waals surface area contributed by atoms with Crippen molar-refractivity contribution in [3.8, 4) is 0 Å². The molecule has 0 aliphatic carbocycles. The van der Waals surface area contributed by atoms with Crippen molar-refractivity contribution in [2.45, 2.75) is 24.9 Å². The predicted molar refractivity (Wildman–Crippen MR) is 55.7 cm³/mol. The molecule has 0 saturated carbocycles. The van der Waals surface area contributed by atoms with E-state index in [4.69, 9.17) is 16.7 Å². The molecule has 0 spiro atoms. The van der Waals surface area contributed by atoms with E-state index in [9.17, 15) is 9.18 Å². The number of pyridine rings is 1. The Balaban J connectivity index is 2.20. The molecule has 2 N–H and O–H groups in total. The van der Waals surface area contributed by atoms with Gasteiger partial charge in [0.25, 0.3) is 0 Å². The van der Waals surface area contributed by atoms with Gasteiger partial charge < -0.3 is 5.11 Å². The van der Waals surface area contributed by atoms with E-state index in [1.54, 1.807) is 0 Å². The molecule has 2 heterocycles. The lowest BCUT2D eigenvalue weighted by atomic mass is 10.1. The summed E-state index contributed by atoms with van der Waals surface area (Å²) in [5.41, 5.74) is 0.330. The SMILES string of the molecule is O=C(O)[C@H]1CC[C@@H](c2cc(Cl)cnc2F)N1. The summed E-state index contributed by atoms with van der Waals surface area (Å²) >= 11 is 5.72. The molecular formula is C10H10ClFN2O2. The van der Waals surface area contributed by atoms with Crippen molar-refractivity contribution in [3.05, 3.63) is 28.8 Å². The first-order valence-electron chi connectivity index (χ1n) is 4.87. The second-order valence-corrected chi connectivity index (χ2v) is 4.16. The third-order valence-electron chi connectivity index (χ3n) is 2.65. The molecule has 1 aliphatic heterocycles. The van der Waals surface area contributed by atoms with Crippen molar-refractivity contribution in [1.29, 1.82) is 0 Å². The molecule has 0 amide bonds. The van der Waals surface area contributed by atoms with Crippen LogP contribution in [0.4, 0.5) is 4.39 Å². The summed E-state index contributed by atoms with van der Waals surface area (Å²) < 4.78 is 13.4. The topological polar surface area (TPSA) is 62.2 Å². The van der Waals surface area contributed by atoms with E-state index in [0.29, 0.717) is 23.4 Å². The Bertz CT molecular complexity index is 427. The van der Waals surface area contributed by atoms with Crippen LogP contribution in [0, 0.1) is 5.95 Å². The van der Waals surface area contributed by atoms with E-state index in [1.165, 1.54) is 12.3 Å². The molecule has 1 aromatic rings. The monoisotopic (exact) mass is 244 g/mol. The molecule has 0 bridgehead atoms. The number of nitrogens with one attached hydrogen (secondary N) is 1. The molecule has 4 nitrogen and oxygen atoms in total. The first-order chi connectivity index (χ1) is 7.58. The van der Waals surface area contributed by atoms with Gasteiger partial charge in [-0.3, -0.25) is 10.1 Å². The van der Waals surface area contributed by atoms with Gasteiger partial charge in [-0.15, -0.1) is 0 Å². The Morgan fingerprint density at radius 1 is 1.62 bits per heavy atom. The van der Waals surface area contributed by atoms with Crippen LogP contribution in [-0.4, -0.2) is 22.1 Å². The highest BCUT2D eigenvalue weighted by atomic mass is 35.5. The van der Waals surface area contributed by atoms with E-state index in [1.807, 2.05) is 0 Å². The first-order valence-corrected chi connectivity index (χ1v) is 5.25. The molecule has 0 aromatic carbocycles. The summed E-state index contributed by atoms with van der Waals surface area (Å²) in [6.07, 6.45) is 2.27. The molecule has 1 aromatic heterocycles. The lowest BCUT2D eigenvalue weighted by Gasteiger charge is -2.12. The van der Waals surface area contributed by atoms with Crippen LogP contribution < -0.4 is 5.32 Å². The zero-order valence-corrected chi connectivity index (χ0v) is 9.04. The fraction of sp³-hybridized carbons (Fsp3) is 0.400. The van der Waals surface area contributed by atoms with E-state index in [-0.39, 0.29) is 6.04 Å². The number of carboxylic acid groups (broad SMARTS) is 1. The van der Waals surface area contributed by atoms with Gasteiger partial charge in [0.2, 0.25) is 5.95 Å². The van der Waals surface area contributed by atoms with Crippen LogP contribution in [0.2, 0.25) is 5.02 Å². The van der Waals surface area contributed by atoms with Gasteiger partial charge in [-0.05, 0) is 18.9 Å². The Labute approximate surface area is 96.4 Å². The summed E-state index contributed by atoms with van der Waals surface area (Å²) in [4.78, 5) is 14.2. The van der Waals surface area contributed by atoms with Crippen molar-refractivity contribution in [1.82, 2.24) is 10.3 Å². The average molecular weight is 245 g/mol. The molecule has 86 valence electrons. The summed E-state index contributed by atoms with van der Waals surface area (Å²) in [7, 11) is 0. The van der Waals surface area contributed by atoms with Gasteiger partial charge in [-0.2, -0.15) is 4.39 Å². The molecule has 2 atom stereocenters. The van der Waals surface area contributed by atoms with Gasteiger partial charge >= 0.3 is 5.97 Å². The van der Waals surface area contributed by atoms with Gasteiger partial charge in [0.15, 0.2) is 0 Å². The van der Waals surface area contributed by atoms with Gasteiger partial charge in [0.05, 0.1) is 5.02 Å². The molecule has 1 saturated heterocycles. The molecule has 2 rings (SSSR count). The average Bonchev–Trinajstić information content (AvgIpc) is 2.70. The second kappa shape index (κ2) is 4.35. The van der Waals surface area contributed by atoms with Crippen LogP contribution >= 0.6 is 11.6 Å². The summed E-state index contributed by atoms with van der Waals surface area (Å²) in [5.74, 6) is -1.52. The van der Waals surface area contributed by atoms with E-state index >= 15 is 0 Å². The third-order valence-corrected chi connectivity index (χ3v) is 2.86. The Morgan fingerprint density at radius 3 is 3.00 bits per heavy atom. The van der Waals surface area contributed by atoms with Crippen LogP contribution in [0.3, 0.4) is 0 Å². The number of carboxylic acids is 1. The zero-order chi connectivity index (χ0) is 11.7. The Hall–Kier alpha value is -1.20. The minimum Gasteiger partial charge on any atom is -0.480 e. The Kier molecular flexibility index (Phi) is 3.07. The third kappa shape index (κ3) is 2.15. The number of nitrogens with zero attached hydrogens (tertiary/aromatic N) is 1. The minimum atomic E-state index is -0.919. The number of hydrogen-bond acceptors (Lipinski definition) is 3. The number of hydrogen-bond donors (Lipinski definition) is 2. The molecule has 0 radical (unpaired) electrons. The largest absolute Gasteiger partial charge is 0.480 e. The van der Waals surface area contributed by atoms with Crippen LogP contribution in [0.15, 0.2) is 12.3 Å². The number of carbonyl (C=O) groups is 1. The van der Waals surface area contributed by atoms with Crippen molar-refractivity contribution < 1.29 is 14.3 Å². The standard InChI is InChI=1S/C10H10ClFN2O2/c11-5-3-6(9(12)13-4-5)7-1-2-8(14-7)10(15)16/h3-4,7-8,14H,1-2H2,(H,15,16)/t7-,8+/m0/s1. The van der Waals surface area contributed by atoms with Crippen LogP contribution in [-0.2, 0) is 4.79 Å². The highest BCUT2D eigenvalue weighted by Crippen LogP contribution is 2.29. The number of rotatable bonds is 2. The van der Waals surface area contributed by atoms with Crippen molar-refractivity contribution >= 4 is 17.6 Å². The van der Waals surface area contributed by atoms with Gasteiger partial charge in [-0.25, -0.2) is 4.98 Å². The smallest absolute Gasteiger partial charge is 0.320 e. The van der Waals surface area contributed by atoms with Crippen molar-refractivity contribution in [2.75, 3.05) is 0 Å². The summed E-state index contributed by atoms with van der Waals surface area (Å²) in [6.45, 7) is 0. The molecule has 0 unspecified atom stereocenters. The maximum Gasteiger partial charge on any atom is 0.320 e. The van der Waals surface area contributed by atoms with Crippen molar-refractivity contribution in [2.24, 2.45) is 0 Å². The van der Waals surface area contributed by atoms with Crippen molar-refractivity contribution in [3.63, 3.8) is 0 Å². The molecule has 16 heavy (non-hydrogen) atoms. The molecule has 1 aliphatic rings. The van der Waals surface area contributed by atoms with Crippen LogP contribution in [0.1, 0.15) is 24.4 Å². The van der Waals surface area contributed by atoms with Gasteiger partial charge in [0.1, 0.15) is 6.04 Å². The second-order valence-electron chi connectivity index (χ2n) is 3.72. The number of aromatic nitrogens is 1. The molecule has 6 heteroatoms. The normalized spacial score (nSPS) is 24.6. The van der Waals surface area contributed by atoms with Crippen LogP contribution in [0.5, 0.6) is 0 Å². The van der Waals surface area contributed by atoms with E-state index in [0.717, 1.165) is 0 Å². The summed E-state index contributed by atoms with van der Waals surface area (Å²) in [5, 5.41) is 12.0. The maximum atomic E-state index is 13.4. The molecule has 1 fully saturated rings.